The van der Waals surface area contributed by atoms with Crippen molar-refractivity contribution in [2.24, 2.45) is 5.14 Å². The molecular weight excluding hydrogens is 504 g/mol. The van der Waals surface area contributed by atoms with Gasteiger partial charge in [0, 0.05) is 6.20 Å². The summed E-state index contributed by atoms with van der Waals surface area (Å²) in [7, 11) is -4.20. The lowest BCUT2D eigenvalue weighted by molar-refractivity contribution is 0.102. The largest absolute Gasteiger partial charge is 0.506 e. The van der Waals surface area contributed by atoms with E-state index in [4.69, 9.17) is 5.14 Å². The number of anilines is 1. The number of aromatic hydroxyl groups is 1. The number of sulfonamides is 1. The molecule has 4 aromatic rings. The number of carbonyl (C=O) groups excluding carboxylic acids is 1. The van der Waals surface area contributed by atoms with Crippen LogP contribution in [0.3, 0.4) is 0 Å². The first-order valence-corrected chi connectivity index (χ1v) is 14.0. The van der Waals surface area contributed by atoms with Crippen LogP contribution < -0.4 is 16.0 Å². The molecule has 1 aliphatic rings. The Balaban J connectivity index is 1.57. The van der Waals surface area contributed by atoms with Crippen LogP contribution in [0, 0.1) is 0 Å². The first-order valence-electron chi connectivity index (χ1n) is 12.5. The van der Waals surface area contributed by atoms with Crippen LogP contribution in [0.4, 0.5) is 5.69 Å². The van der Waals surface area contributed by atoms with Gasteiger partial charge in [0.25, 0.3) is 11.5 Å². The Bertz CT molecular complexity index is 1680. The number of aromatic nitrogens is 2. The molecule has 38 heavy (non-hydrogen) atoms. The zero-order valence-corrected chi connectivity index (χ0v) is 21.4. The van der Waals surface area contributed by atoms with Crippen molar-refractivity contribution in [1.82, 2.24) is 9.55 Å². The molecule has 2 heterocycles. The number of nitrogens with one attached hydrogen (secondary N) is 1. The fourth-order valence-corrected chi connectivity index (χ4v) is 5.86. The molecule has 1 amide bonds. The molecule has 0 bridgehead atoms. The van der Waals surface area contributed by atoms with Crippen molar-refractivity contribution in [3.05, 3.63) is 93.9 Å². The maximum atomic E-state index is 13.5. The van der Waals surface area contributed by atoms with Crippen molar-refractivity contribution in [1.29, 1.82) is 0 Å². The third-order valence-corrected chi connectivity index (χ3v) is 7.99. The second-order valence-electron chi connectivity index (χ2n) is 9.56. The molecule has 0 aliphatic heterocycles. The molecule has 0 spiro atoms. The molecule has 1 fully saturated rings. The van der Waals surface area contributed by atoms with Gasteiger partial charge in [-0.3, -0.25) is 14.2 Å². The number of carbonyl (C=O) groups is 1. The average molecular weight is 533 g/mol. The number of nitrogens with zero attached hydrogens (tertiary/aromatic N) is 2. The lowest BCUT2D eigenvalue weighted by Crippen LogP contribution is -2.31. The Labute approximate surface area is 220 Å². The molecule has 196 valence electrons. The number of benzene rings is 2. The van der Waals surface area contributed by atoms with Gasteiger partial charge >= 0.3 is 0 Å². The van der Waals surface area contributed by atoms with Gasteiger partial charge in [-0.15, -0.1) is 0 Å². The first-order chi connectivity index (χ1) is 18.2. The summed E-state index contributed by atoms with van der Waals surface area (Å²) >= 11 is 0. The summed E-state index contributed by atoms with van der Waals surface area (Å²) in [6.07, 6.45) is 6.69. The number of rotatable bonds is 6. The van der Waals surface area contributed by atoms with Crippen molar-refractivity contribution in [2.75, 3.05) is 5.32 Å². The molecule has 4 N–H and O–H groups in total. The van der Waals surface area contributed by atoms with Gasteiger partial charge in [-0.2, -0.15) is 0 Å². The van der Waals surface area contributed by atoms with E-state index < -0.39 is 32.8 Å². The Kier molecular flexibility index (Phi) is 7.00. The van der Waals surface area contributed by atoms with E-state index in [1.165, 1.54) is 22.9 Å². The topological polar surface area (TPSA) is 144 Å². The molecule has 0 saturated heterocycles. The number of amides is 1. The van der Waals surface area contributed by atoms with E-state index in [0.29, 0.717) is 0 Å². The van der Waals surface area contributed by atoms with Crippen LogP contribution in [-0.4, -0.2) is 29.0 Å². The smallest absolute Gasteiger partial charge is 0.269 e. The van der Waals surface area contributed by atoms with Crippen LogP contribution in [0.1, 0.15) is 59.5 Å². The first kappa shape index (κ1) is 25.6. The van der Waals surface area contributed by atoms with Crippen LogP contribution in [0.25, 0.3) is 11.0 Å². The van der Waals surface area contributed by atoms with Gasteiger partial charge < -0.3 is 10.4 Å². The van der Waals surface area contributed by atoms with Gasteiger partial charge in [0.15, 0.2) is 0 Å². The number of pyridine rings is 2. The maximum Gasteiger partial charge on any atom is 0.269 e. The number of hydrogen-bond acceptors (Lipinski definition) is 6. The lowest BCUT2D eigenvalue weighted by atomic mass is 9.84. The normalized spacial score (nSPS) is 14.4. The molecular formula is C28H28N4O5S. The molecule has 0 unspecified atom stereocenters. The Morgan fingerprint density at radius 2 is 1.79 bits per heavy atom. The summed E-state index contributed by atoms with van der Waals surface area (Å²) in [5.41, 5.74) is 0.531. The number of hydrogen-bond donors (Lipinski definition) is 3. The van der Waals surface area contributed by atoms with Gasteiger partial charge in [0.1, 0.15) is 21.9 Å². The lowest BCUT2D eigenvalue weighted by Gasteiger charge is -2.23. The van der Waals surface area contributed by atoms with Crippen LogP contribution in [-0.2, 0) is 16.6 Å². The van der Waals surface area contributed by atoms with Gasteiger partial charge in [-0.25, -0.2) is 18.5 Å². The van der Waals surface area contributed by atoms with E-state index >= 15 is 0 Å². The molecule has 1 aliphatic carbocycles. The second kappa shape index (κ2) is 10.4. The van der Waals surface area contributed by atoms with Crippen LogP contribution in [0.15, 0.2) is 76.6 Å². The molecule has 2 aromatic heterocycles. The van der Waals surface area contributed by atoms with E-state index in [1.807, 2.05) is 30.3 Å². The monoisotopic (exact) mass is 532 g/mol. The van der Waals surface area contributed by atoms with Crippen molar-refractivity contribution in [3.8, 4) is 5.75 Å². The van der Waals surface area contributed by atoms with Gasteiger partial charge in [-0.05, 0) is 54.2 Å². The van der Waals surface area contributed by atoms with E-state index in [9.17, 15) is 23.1 Å². The second-order valence-corrected chi connectivity index (χ2v) is 11.1. The third kappa shape index (κ3) is 5.05. The standard InChI is InChI=1S/C28H28N4O5S/c29-38(36,37)23-16-20(19-10-5-2-6-11-19)13-14-22(23)31-27(34)24-25(33)21-12-7-15-30-26(21)32(28(24)35)17-18-8-3-1-4-9-18/h1,3-4,7-9,12-16,19,33H,2,5-6,10-11,17H2,(H,31,34)(H2,29,36,37). The summed E-state index contributed by atoms with van der Waals surface area (Å²) in [5.74, 6) is -1.26. The minimum atomic E-state index is -4.20. The summed E-state index contributed by atoms with van der Waals surface area (Å²) in [6.45, 7) is 0.117. The van der Waals surface area contributed by atoms with E-state index in [2.05, 4.69) is 10.3 Å². The predicted molar refractivity (Wildman–Crippen MR) is 145 cm³/mol. The van der Waals surface area contributed by atoms with Crippen LogP contribution >= 0.6 is 0 Å². The Morgan fingerprint density at radius 3 is 2.50 bits per heavy atom. The highest BCUT2D eigenvalue weighted by molar-refractivity contribution is 7.89. The van der Waals surface area contributed by atoms with E-state index in [-0.39, 0.29) is 34.1 Å². The van der Waals surface area contributed by atoms with Crippen molar-refractivity contribution in [2.45, 2.75) is 49.5 Å². The summed E-state index contributed by atoms with van der Waals surface area (Å²) in [5, 5.41) is 19.2. The fraction of sp³-hybridized carbons (Fsp3) is 0.250. The number of fused-ring (bicyclic) bond motifs is 1. The van der Waals surface area contributed by atoms with E-state index in [0.717, 1.165) is 43.2 Å². The summed E-state index contributed by atoms with van der Waals surface area (Å²) in [6, 6.07) is 17.1. The quantitative estimate of drug-likeness (QED) is 0.341. The Morgan fingerprint density at radius 1 is 1.05 bits per heavy atom. The van der Waals surface area contributed by atoms with E-state index in [1.54, 1.807) is 18.2 Å². The predicted octanol–water partition coefficient (Wildman–Crippen LogP) is 4.10. The van der Waals surface area contributed by atoms with Crippen molar-refractivity contribution in [3.63, 3.8) is 0 Å². The molecule has 5 rings (SSSR count). The highest BCUT2D eigenvalue weighted by Gasteiger charge is 2.26. The Hall–Kier alpha value is -4.02. The van der Waals surface area contributed by atoms with Gasteiger partial charge in [0.2, 0.25) is 10.0 Å². The minimum absolute atomic E-state index is 0.0586. The van der Waals surface area contributed by atoms with Crippen LogP contribution in [0.2, 0.25) is 0 Å². The third-order valence-electron chi connectivity index (χ3n) is 7.04. The molecule has 0 atom stereocenters. The summed E-state index contributed by atoms with van der Waals surface area (Å²) < 4.78 is 26.3. The number of primary sulfonamides is 1. The summed E-state index contributed by atoms with van der Waals surface area (Å²) in [4.78, 5) is 31.0. The minimum Gasteiger partial charge on any atom is -0.506 e. The SMILES string of the molecule is NS(=O)(=O)c1cc(C2CCCCC2)ccc1NC(=O)c1c(O)c2cccnc2n(Cc2ccccc2)c1=O. The maximum absolute atomic E-state index is 13.5. The van der Waals surface area contributed by atoms with Crippen molar-refractivity contribution < 1.29 is 18.3 Å². The van der Waals surface area contributed by atoms with Crippen LogP contribution in [0.5, 0.6) is 5.75 Å². The molecule has 10 heteroatoms. The highest BCUT2D eigenvalue weighted by atomic mass is 32.2. The van der Waals surface area contributed by atoms with Crippen molar-refractivity contribution >= 4 is 32.7 Å². The molecule has 1 saturated carbocycles. The molecule has 0 radical (unpaired) electrons. The zero-order valence-electron chi connectivity index (χ0n) is 20.6. The zero-order chi connectivity index (χ0) is 26.9. The van der Waals surface area contributed by atoms with Gasteiger partial charge in [-0.1, -0.05) is 55.7 Å². The molecule has 2 aromatic carbocycles. The van der Waals surface area contributed by atoms with Gasteiger partial charge in [0.05, 0.1) is 17.6 Å². The fourth-order valence-electron chi connectivity index (χ4n) is 5.13. The number of nitrogens with two attached hydrogens (primary N) is 1. The highest BCUT2D eigenvalue weighted by Crippen LogP contribution is 2.35. The average Bonchev–Trinajstić information content (AvgIpc) is 2.92. The molecule has 9 nitrogen and oxygen atoms in total.